The Kier molecular flexibility index (Phi) is 3.86. The Morgan fingerprint density at radius 3 is 2.79 bits per heavy atom. The first-order valence-corrected chi connectivity index (χ1v) is 8.22. The molecule has 0 spiro atoms. The van der Waals surface area contributed by atoms with Gasteiger partial charge in [-0.2, -0.15) is 0 Å². The highest BCUT2D eigenvalue weighted by atomic mass is 16.1. The van der Waals surface area contributed by atoms with Gasteiger partial charge in [-0.05, 0) is 37.1 Å². The van der Waals surface area contributed by atoms with E-state index in [1.54, 1.807) is 0 Å². The van der Waals surface area contributed by atoms with E-state index >= 15 is 0 Å². The third-order valence-corrected chi connectivity index (χ3v) is 4.41. The quantitative estimate of drug-likeness (QED) is 0.805. The molecule has 1 amide bonds. The number of nitrogens with one attached hydrogen (secondary N) is 1. The van der Waals surface area contributed by atoms with Crippen molar-refractivity contribution in [2.45, 2.75) is 12.8 Å². The van der Waals surface area contributed by atoms with E-state index in [1.807, 2.05) is 59.1 Å². The summed E-state index contributed by atoms with van der Waals surface area (Å²) in [5, 5.41) is 11.5. The average Bonchev–Trinajstić information content (AvgIpc) is 3.07. The van der Waals surface area contributed by atoms with Crippen LogP contribution in [0.1, 0.15) is 12.8 Å². The number of piperidine rings is 1. The molecule has 6 heteroatoms. The fourth-order valence-corrected chi connectivity index (χ4v) is 3.18. The maximum absolute atomic E-state index is 12.6. The molecule has 0 saturated carbocycles. The van der Waals surface area contributed by atoms with Crippen LogP contribution in [0.4, 0.5) is 11.6 Å². The highest BCUT2D eigenvalue weighted by Gasteiger charge is 2.28. The maximum Gasteiger partial charge on any atom is 0.231 e. The second-order valence-corrected chi connectivity index (χ2v) is 6.07. The zero-order valence-corrected chi connectivity index (χ0v) is 13.3. The molecule has 0 aliphatic carbocycles. The van der Waals surface area contributed by atoms with Gasteiger partial charge in [-0.1, -0.05) is 24.3 Å². The lowest BCUT2D eigenvalue weighted by Gasteiger charge is -2.31. The molecule has 1 unspecified atom stereocenters. The van der Waals surface area contributed by atoms with Crippen LogP contribution in [-0.2, 0) is 4.79 Å². The van der Waals surface area contributed by atoms with Gasteiger partial charge in [0.2, 0.25) is 11.9 Å². The van der Waals surface area contributed by atoms with Gasteiger partial charge in [-0.25, -0.2) is 0 Å². The fraction of sp³-hybridized carbons (Fsp3) is 0.278. The number of hydrogen-bond donors (Lipinski definition) is 1. The first-order valence-electron chi connectivity index (χ1n) is 8.22. The lowest BCUT2D eigenvalue weighted by Crippen LogP contribution is -2.41. The van der Waals surface area contributed by atoms with E-state index in [4.69, 9.17) is 0 Å². The number of carbonyl (C=O) groups is 1. The smallest absolute Gasteiger partial charge is 0.231 e. The van der Waals surface area contributed by atoms with Crippen LogP contribution >= 0.6 is 0 Å². The molecule has 24 heavy (non-hydrogen) atoms. The first kappa shape index (κ1) is 14.7. The Bertz CT molecular complexity index is 845. The number of fused-ring (bicyclic) bond motifs is 1. The number of pyridine rings is 1. The second-order valence-electron chi connectivity index (χ2n) is 6.07. The summed E-state index contributed by atoms with van der Waals surface area (Å²) in [6.45, 7) is 1.55. The van der Waals surface area contributed by atoms with Gasteiger partial charge in [-0.15, -0.1) is 10.2 Å². The van der Waals surface area contributed by atoms with E-state index in [0.717, 1.165) is 36.7 Å². The number of aromatic nitrogens is 3. The van der Waals surface area contributed by atoms with Crippen molar-refractivity contribution in [3.05, 3.63) is 54.7 Å². The van der Waals surface area contributed by atoms with Crippen molar-refractivity contribution >= 4 is 23.2 Å². The van der Waals surface area contributed by atoms with E-state index in [-0.39, 0.29) is 11.8 Å². The standard InChI is InChI=1S/C18H19N5O/c24-17(19-15-8-2-1-3-9-15)14-7-6-11-22(13-14)18-21-20-16-10-4-5-12-23(16)18/h1-5,8-10,12,14H,6-7,11,13H2,(H,19,24). The van der Waals surface area contributed by atoms with Crippen LogP contribution in [0.5, 0.6) is 0 Å². The number of carbonyl (C=O) groups excluding carboxylic acids is 1. The molecule has 1 saturated heterocycles. The fourth-order valence-electron chi connectivity index (χ4n) is 3.18. The van der Waals surface area contributed by atoms with Crippen molar-refractivity contribution < 1.29 is 4.79 Å². The largest absolute Gasteiger partial charge is 0.340 e. The van der Waals surface area contributed by atoms with Gasteiger partial charge in [0.1, 0.15) is 0 Å². The summed E-state index contributed by atoms with van der Waals surface area (Å²) in [6, 6.07) is 15.4. The van der Waals surface area contributed by atoms with Crippen LogP contribution in [0.15, 0.2) is 54.7 Å². The number of nitrogens with zero attached hydrogens (tertiary/aromatic N) is 4. The zero-order chi connectivity index (χ0) is 16.4. The molecule has 3 aromatic rings. The molecule has 4 rings (SSSR count). The predicted molar refractivity (Wildman–Crippen MR) is 93.0 cm³/mol. The van der Waals surface area contributed by atoms with Crippen LogP contribution < -0.4 is 10.2 Å². The number of benzene rings is 1. The Morgan fingerprint density at radius 2 is 1.92 bits per heavy atom. The summed E-state index contributed by atoms with van der Waals surface area (Å²) in [5.74, 6) is 0.831. The molecule has 2 aromatic heterocycles. The second kappa shape index (κ2) is 6.31. The van der Waals surface area contributed by atoms with Gasteiger partial charge in [0, 0.05) is 25.0 Å². The molecule has 0 radical (unpaired) electrons. The van der Waals surface area contributed by atoms with Crippen LogP contribution in [-0.4, -0.2) is 33.6 Å². The van der Waals surface area contributed by atoms with E-state index in [9.17, 15) is 4.79 Å². The molecule has 0 bridgehead atoms. The van der Waals surface area contributed by atoms with E-state index in [0.29, 0.717) is 6.54 Å². The monoisotopic (exact) mass is 321 g/mol. The molecule has 1 aromatic carbocycles. The lowest BCUT2D eigenvalue weighted by molar-refractivity contribution is -0.120. The third kappa shape index (κ3) is 2.82. The average molecular weight is 321 g/mol. The Hall–Kier alpha value is -2.89. The van der Waals surface area contributed by atoms with Gasteiger partial charge < -0.3 is 10.2 Å². The van der Waals surface area contributed by atoms with Crippen LogP contribution in [0, 0.1) is 5.92 Å². The van der Waals surface area contributed by atoms with Crippen LogP contribution in [0.25, 0.3) is 5.65 Å². The van der Waals surface area contributed by atoms with E-state index in [2.05, 4.69) is 20.4 Å². The number of hydrogen-bond acceptors (Lipinski definition) is 4. The normalized spacial score (nSPS) is 17.8. The van der Waals surface area contributed by atoms with Gasteiger partial charge in [-0.3, -0.25) is 9.20 Å². The molecule has 1 atom stereocenters. The van der Waals surface area contributed by atoms with Crippen molar-refractivity contribution in [3.8, 4) is 0 Å². The minimum atomic E-state index is -0.0463. The summed E-state index contributed by atoms with van der Waals surface area (Å²) >= 11 is 0. The SMILES string of the molecule is O=C(Nc1ccccc1)C1CCCN(c2nnc3ccccn23)C1. The minimum absolute atomic E-state index is 0.0463. The molecule has 122 valence electrons. The van der Waals surface area contributed by atoms with Crippen molar-refractivity contribution in [2.75, 3.05) is 23.3 Å². The van der Waals surface area contributed by atoms with Crippen molar-refractivity contribution in [3.63, 3.8) is 0 Å². The maximum atomic E-state index is 12.6. The zero-order valence-electron chi connectivity index (χ0n) is 13.3. The number of anilines is 2. The van der Waals surface area contributed by atoms with Gasteiger partial charge in [0.05, 0.1) is 5.92 Å². The van der Waals surface area contributed by atoms with Crippen molar-refractivity contribution in [2.24, 2.45) is 5.92 Å². The van der Waals surface area contributed by atoms with E-state index in [1.165, 1.54) is 0 Å². The van der Waals surface area contributed by atoms with Gasteiger partial charge >= 0.3 is 0 Å². The van der Waals surface area contributed by atoms with E-state index < -0.39 is 0 Å². The molecular formula is C18H19N5O. The minimum Gasteiger partial charge on any atom is -0.340 e. The summed E-state index contributed by atoms with van der Waals surface area (Å²) in [5.41, 5.74) is 1.66. The topological polar surface area (TPSA) is 62.5 Å². The Morgan fingerprint density at radius 1 is 1.08 bits per heavy atom. The number of rotatable bonds is 3. The predicted octanol–water partition coefficient (Wildman–Crippen LogP) is 2.58. The molecule has 6 nitrogen and oxygen atoms in total. The summed E-state index contributed by atoms with van der Waals surface area (Å²) in [7, 11) is 0. The van der Waals surface area contributed by atoms with Gasteiger partial charge in [0.25, 0.3) is 0 Å². The highest BCUT2D eigenvalue weighted by Crippen LogP contribution is 2.23. The number of amides is 1. The molecule has 1 fully saturated rings. The first-order chi connectivity index (χ1) is 11.8. The molecule has 1 aliphatic rings. The molecule has 1 N–H and O–H groups in total. The van der Waals surface area contributed by atoms with Crippen molar-refractivity contribution in [1.29, 1.82) is 0 Å². The lowest BCUT2D eigenvalue weighted by atomic mass is 9.97. The summed E-state index contributed by atoms with van der Waals surface area (Å²) in [6.07, 6.45) is 3.82. The Balaban J connectivity index is 1.50. The summed E-state index contributed by atoms with van der Waals surface area (Å²) in [4.78, 5) is 14.7. The summed E-state index contributed by atoms with van der Waals surface area (Å²) < 4.78 is 1.97. The highest BCUT2D eigenvalue weighted by molar-refractivity contribution is 5.93. The Labute approximate surface area is 140 Å². The molecular weight excluding hydrogens is 302 g/mol. The molecule has 1 aliphatic heterocycles. The van der Waals surface area contributed by atoms with Crippen molar-refractivity contribution in [1.82, 2.24) is 14.6 Å². The van der Waals surface area contributed by atoms with Crippen LogP contribution in [0.2, 0.25) is 0 Å². The van der Waals surface area contributed by atoms with Gasteiger partial charge in [0.15, 0.2) is 5.65 Å². The van der Waals surface area contributed by atoms with Crippen LogP contribution in [0.3, 0.4) is 0 Å². The number of para-hydroxylation sites is 1. The third-order valence-electron chi connectivity index (χ3n) is 4.41. The molecule has 3 heterocycles.